The Morgan fingerprint density at radius 3 is 2.27 bits per heavy atom. The normalized spacial score (nSPS) is 18.7. The number of aliphatic carboxylic acids is 1. The first kappa shape index (κ1) is 37.0. The van der Waals surface area contributed by atoms with E-state index >= 15 is 0 Å². The maximum absolute atomic E-state index is 12.3. The Morgan fingerprint density at radius 1 is 0.827 bits per heavy atom. The molecule has 1 amide bonds. The fourth-order valence-electron chi connectivity index (χ4n) is 6.99. The van der Waals surface area contributed by atoms with Gasteiger partial charge >= 0.3 is 5.97 Å². The number of nitrogens with zero attached hydrogens (tertiary/aromatic N) is 1. The Labute approximate surface area is 305 Å². The molecule has 10 nitrogen and oxygen atoms in total. The number of nitrogens with one attached hydrogen (secondary N) is 1. The molecule has 0 aliphatic carbocycles. The van der Waals surface area contributed by atoms with E-state index in [0.29, 0.717) is 32.2 Å². The van der Waals surface area contributed by atoms with E-state index in [-0.39, 0.29) is 31.1 Å². The largest absolute Gasteiger partial charge is 0.493 e. The summed E-state index contributed by atoms with van der Waals surface area (Å²) in [6, 6.07) is 28.4. The van der Waals surface area contributed by atoms with Gasteiger partial charge in [0.05, 0.1) is 33.0 Å². The van der Waals surface area contributed by atoms with Gasteiger partial charge < -0.3 is 34.5 Å². The van der Waals surface area contributed by atoms with Crippen LogP contribution in [0.3, 0.4) is 0 Å². The molecule has 2 aliphatic rings. The van der Waals surface area contributed by atoms with Crippen LogP contribution in [-0.2, 0) is 45.2 Å². The highest BCUT2D eigenvalue weighted by Crippen LogP contribution is 2.40. The fraction of sp³-hybridized carbons (Fsp3) is 0.381. The SMILES string of the molecule is COc1cc2c(cc1OC)CN(C[C@@H]1C[C@H](c3ccc(CO)cc3)O[C@H](c3cccc(-c4cccc(CNC(=O)CCCCC(=O)O)c4)c3)O1)CC2. The number of fused-ring (bicyclic) bond motifs is 1. The zero-order valence-corrected chi connectivity index (χ0v) is 29.9. The van der Waals surface area contributed by atoms with Crippen molar-refractivity contribution < 1.29 is 38.7 Å². The minimum absolute atomic E-state index is 0.0117. The second kappa shape index (κ2) is 17.7. The Morgan fingerprint density at radius 2 is 1.54 bits per heavy atom. The van der Waals surface area contributed by atoms with Crippen molar-refractivity contribution in [2.75, 3.05) is 27.3 Å². The number of carbonyl (C=O) groups is 2. The molecule has 0 aromatic heterocycles. The Balaban J connectivity index is 1.17. The standard InChI is InChI=1S/C42H48N2O8/c1-49-38-21-33-17-18-44(25-35(33)22-39(38)50-2)26-36-23-37(30-15-13-28(27-45)14-16-30)52-42(51-36)34-10-6-9-32(20-34)31-8-5-7-29(19-31)24-43-40(46)11-3-4-12-41(47)48/h5-10,13-16,19-22,36-37,42,45H,3-4,11-12,17-18,23-27H2,1-2H3,(H,43,46)(H,47,48)/t36-,37+,42+/m0/s1. The molecule has 6 rings (SSSR count). The van der Waals surface area contributed by atoms with Gasteiger partial charge in [-0.3, -0.25) is 14.5 Å². The highest BCUT2D eigenvalue weighted by atomic mass is 16.7. The van der Waals surface area contributed by atoms with Crippen LogP contribution < -0.4 is 14.8 Å². The van der Waals surface area contributed by atoms with Gasteiger partial charge in [0.15, 0.2) is 17.8 Å². The summed E-state index contributed by atoms with van der Waals surface area (Å²) < 4.78 is 24.6. The average molecular weight is 709 g/mol. The molecule has 4 aromatic carbocycles. The van der Waals surface area contributed by atoms with Gasteiger partial charge in [0.2, 0.25) is 5.91 Å². The molecule has 3 N–H and O–H groups in total. The number of amides is 1. The Kier molecular flexibility index (Phi) is 12.6. The topological polar surface area (TPSA) is 127 Å². The number of carbonyl (C=O) groups excluding carboxylic acids is 1. The van der Waals surface area contributed by atoms with Crippen LogP contribution in [0.2, 0.25) is 0 Å². The van der Waals surface area contributed by atoms with E-state index in [1.807, 2.05) is 54.6 Å². The van der Waals surface area contributed by atoms with E-state index in [1.54, 1.807) is 14.2 Å². The van der Waals surface area contributed by atoms with Crippen molar-refractivity contribution in [3.05, 3.63) is 118 Å². The van der Waals surface area contributed by atoms with E-state index in [4.69, 9.17) is 24.1 Å². The quantitative estimate of drug-likeness (QED) is 0.115. The predicted molar refractivity (Wildman–Crippen MR) is 197 cm³/mol. The van der Waals surface area contributed by atoms with Gasteiger partial charge in [-0.15, -0.1) is 0 Å². The third-order valence-electron chi connectivity index (χ3n) is 9.83. The number of aliphatic hydroxyl groups excluding tert-OH is 1. The number of benzene rings is 4. The van der Waals surface area contributed by atoms with Gasteiger partial charge in [-0.25, -0.2) is 0 Å². The number of hydrogen-bond donors (Lipinski definition) is 3. The molecule has 10 heteroatoms. The van der Waals surface area contributed by atoms with Gasteiger partial charge in [0.1, 0.15) is 0 Å². The van der Waals surface area contributed by atoms with Crippen molar-refractivity contribution >= 4 is 11.9 Å². The molecule has 1 fully saturated rings. The smallest absolute Gasteiger partial charge is 0.303 e. The zero-order chi connectivity index (χ0) is 36.5. The zero-order valence-electron chi connectivity index (χ0n) is 29.9. The molecule has 2 aliphatic heterocycles. The van der Waals surface area contributed by atoms with Crippen molar-refractivity contribution in [3.63, 3.8) is 0 Å². The summed E-state index contributed by atoms with van der Waals surface area (Å²) in [6.45, 7) is 2.81. The number of aliphatic hydroxyl groups is 1. The number of unbranched alkanes of at least 4 members (excludes halogenated alkanes) is 1. The van der Waals surface area contributed by atoms with Crippen LogP contribution in [0.5, 0.6) is 11.5 Å². The van der Waals surface area contributed by atoms with Crippen molar-refractivity contribution in [3.8, 4) is 22.6 Å². The lowest BCUT2D eigenvalue weighted by molar-refractivity contribution is -0.253. The van der Waals surface area contributed by atoms with E-state index in [2.05, 4.69) is 40.5 Å². The van der Waals surface area contributed by atoms with Gasteiger partial charge in [-0.2, -0.15) is 0 Å². The second-order valence-corrected chi connectivity index (χ2v) is 13.5. The van der Waals surface area contributed by atoms with Gasteiger partial charge in [0.25, 0.3) is 0 Å². The molecule has 0 spiro atoms. The maximum Gasteiger partial charge on any atom is 0.303 e. The highest BCUT2D eigenvalue weighted by molar-refractivity contribution is 5.76. The van der Waals surface area contributed by atoms with Gasteiger partial charge in [0, 0.05) is 51.0 Å². The van der Waals surface area contributed by atoms with Crippen LogP contribution in [0.25, 0.3) is 11.1 Å². The number of hydrogen-bond acceptors (Lipinski definition) is 8. The summed E-state index contributed by atoms with van der Waals surface area (Å²) in [5.74, 6) is 0.552. The second-order valence-electron chi connectivity index (χ2n) is 13.5. The first-order valence-corrected chi connectivity index (χ1v) is 18.0. The van der Waals surface area contributed by atoms with E-state index in [1.165, 1.54) is 11.1 Å². The van der Waals surface area contributed by atoms with Crippen LogP contribution in [0, 0.1) is 0 Å². The number of carboxylic acids is 1. The molecular formula is C42H48N2O8. The van der Waals surface area contributed by atoms with Gasteiger partial charge in [-0.1, -0.05) is 60.7 Å². The average Bonchev–Trinajstić information content (AvgIpc) is 3.18. The molecule has 3 atom stereocenters. The van der Waals surface area contributed by atoms with Crippen LogP contribution in [-0.4, -0.2) is 60.4 Å². The molecule has 4 aromatic rings. The van der Waals surface area contributed by atoms with E-state index in [0.717, 1.165) is 70.9 Å². The number of carboxylic acid groups (broad SMARTS) is 1. The molecule has 0 radical (unpaired) electrons. The summed E-state index contributed by atoms with van der Waals surface area (Å²) >= 11 is 0. The minimum atomic E-state index is -0.844. The molecule has 274 valence electrons. The number of ether oxygens (including phenoxy) is 4. The first-order valence-electron chi connectivity index (χ1n) is 18.0. The molecule has 0 unspecified atom stereocenters. The van der Waals surface area contributed by atoms with Gasteiger partial charge in [-0.05, 0) is 82.5 Å². The molecule has 52 heavy (non-hydrogen) atoms. The molecule has 0 saturated carbocycles. The van der Waals surface area contributed by atoms with Crippen molar-refractivity contribution in [1.82, 2.24) is 10.2 Å². The number of rotatable bonds is 15. The lowest BCUT2D eigenvalue weighted by Crippen LogP contribution is -2.41. The fourth-order valence-corrected chi connectivity index (χ4v) is 6.99. The lowest BCUT2D eigenvalue weighted by atomic mass is 9.96. The highest BCUT2D eigenvalue weighted by Gasteiger charge is 2.34. The first-order chi connectivity index (χ1) is 25.3. The molecule has 1 saturated heterocycles. The van der Waals surface area contributed by atoms with Crippen LogP contribution >= 0.6 is 0 Å². The lowest BCUT2D eigenvalue weighted by Gasteiger charge is -2.39. The van der Waals surface area contributed by atoms with Crippen LogP contribution in [0.4, 0.5) is 0 Å². The summed E-state index contributed by atoms with van der Waals surface area (Å²) in [6.07, 6.45) is 2.13. The minimum Gasteiger partial charge on any atom is -0.493 e. The van der Waals surface area contributed by atoms with Crippen LogP contribution in [0.1, 0.15) is 77.9 Å². The monoisotopic (exact) mass is 708 g/mol. The Bertz CT molecular complexity index is 1830. The summed E-state index contributed by atoms with van der Waals surface area (Å²) in [5.41, 5.74) is 8.31. The van der Waals surface area contributed by atoms with Crippen molar-refractivity contribution in [2.24, 2.45) is 0 Å². The van der Waals surface area contributed by atoms with E-state index in [9.17, 15) is 14.7 Å². The van der Waals surface area contributed by atoms with Crippen molar-refractivity contribution in [2.45, 2.75) is 76.7 Å². The van der Waals surface area contributed by atoms with Crippen molar-refractivity contribution in [1.29, 1.82) is 0 Å². The molecule has 0 bridgehead atoms. The van der Waals surface area contributed by atoms with E-state index < -0.39 is 12.3 Å². The summed E-state index contributed by atoms with van der Waals surface area (Å²) in [4.78, 5) is 25.5. The Hall–Kier alpha value is -4.74. The number of methoxy groups -OCH3 is 2. The van der Waals surface area contributed by atoms with Crippen LogP contribution in [0.15, 0.2) is 84.9 Å². The summed E-state index contributed by atoms with van der Waals surface area (Å²) in [5, 5.41) is 21.4. The molecular weight excluding hydrogens is 660 g/mol. The predicted octanol–water partition coefficient (Wildman–Crippen LogP) is 6.73. The molecule has 2 heterocycles. The summed E-state index contributed by atoms with van der Waals surface area (Å²) in [7, 11) is 3.33. The third kappa shape index (κ3) is 9.57. The third-order valence-corrected chi connectivity index (χ3v) is 9.83. The maximum atomic E-state index is 12.3.